The lowest BCUT2D eigenvalue weighted by Gasteiger charge is -2.05. The molecule has 0 atom stereocenters. The molecule has 92 valence electrons. The SMILES string of the molecule is O=C(O)Cc1nc([N+](=O)[O-])cc(Br)c1C(F)F. The fraction of sp³-hybridized carbons (Fsp3) is 0.250. The van der Waals surface area contributed by atoms with Gasteiger partial charge in [-0.1, -0.05) is 0 Å². The normalized spacial score (nSPS) is 10.6. The quantitative estimate of drug-likeness (QED) is 0.680. The maximum absolute atomic E-state index is 12.6. The van der Waals surface area contributed by atoms with Gasteiger partial charge in [0.2, 0.25) is 0 Å². The Morgan fingerprint density at radius 1 is 1.65 bits per heavy atom. The summed E-state index contributed by atoms with van der Waals surface area (Å²) in [5.74, 6) is -2.08. The zero-order chi connectivity index (χ0) is 13.2. The van der Waals surface area contributed by atoms with Crippen molar-refractivity contribution in [3.63, 3.8) is 0 Å². The molecule has 0 saturated heterocycles. The lowest BCUT2D eigenvalue weighted by molar-refractivity contribution is -0.389. The van der Waals surface area contributed by atoms with Crippen LogP contribution in [0.3, 0.4) is 0 Å². The summed E-state index contributed by atoms with van der Waals surface area (Å²) in [5.41, 5.74) is -1.16. The number of carbonyl (C=O) groups is 1. The Morgan fingerprint density at radius 2 is 2.24 bits per heavy atom. The number of aliphatic carboxylic acids is 1. The van der Waals surface area contributed by atoms with Crippen molar-refractivity contribution >= 4 is 27.7 Å². The van der Waals surface area contributed by atoms with Gasteiger partial charge in [0.05, 0.1) is 11.6 Å². The maximum Gasteiger partial charge on any atom is 0.364 e. The number of hydrogen-bond donors (Lipinski definition) is 1. The predicted octanol–water partition coefficient (Wildman–Crippen LogP) is 2.32. The van der Waals surface area contributed by atoms with Crippen LogP contribution >= 0.6 is 15.9 Å². The van der Waals surface area contributed by atoms with Gasteiger partial charge in [0, 0.05) is 4.47 Å². The number of halogens is 3. The molecule has 6 nitrogen and oxygen atoms in total. The average molecular weight is 311 g/mol. The van der Waals surface area contributed by atoms with Gasteiger partial charge in [-0.25, -0.2) is 8.78 Å². The summed E-state index contributed by atoms with van der Waals surface area (Å²) in [5, 5.41) is 19.0. The van der Waals surface area contributed by atoms with E-state index < -0.39 is 40.8 Å². The van der Waals surface area contributed by atoms with Crippen LogP contribution in [0.1, 0.15) is 17.7 Å². The Balaban J connectivity index is 3.38. The topological polar surface area (TPSA) is 93.3 Å². The largest absolute Gasteiger partial charge is 0.481 e. The summed E-state index contributed by atoms with van der Waals surface area (Å²) in [6.45, 7) is 0. The van der Waals surface area contributed by atoms with Crippen molar-refractivity contribution in [2.24, 2.45) is 0 Å². The van der Waals surface area contributed by atoms with Crippen LogP contribution in [0.2, 0.25) is 0 Å². The van der Waals surface area contributed by atoms with Crippen molar-refractivity contribution < 1.29 is 23.6 Å². The van der Waals surface area contributed by atoms with Gasteiger partial charge in [0.15, 0.2) is 5.69 Å². The van der Waals surface area contributed by atoms with Crippen LogP contribution in [0.15, 0.2) is 10.5 Å². The second-order valence-electron chi connectivity index (χ2n) is 2.95. The second-order valence-corrected chi connectivity index (χ2v) is 3.81. The molecule has 0 saturated carbocycles. The molecule has 9 heteroatoms. The molecule has 17 heavy (non-hydrogen) atoms. The highest BCUT2D eigenvalue weighted by Crippen LogP contribution is 2.32. The summed E-state index contributed by atoms with van der Waals surface area (Å²) in [7, 11) is 0. The number of aromatic nitrogens is 1. The third kappa shape index (κ3) is 3.16. The third-order valence-corrected chi connectivity index (χ3v) is 2.45. The van der Waals surface area contributed by atoms with Crippen molar-refractivity contribution in [2.75, 3.05) is 0 Å². The Kier molecular flexibility index (Phi) is 4.05. The molecule has 0 amide bonds. The van der Waals surface area contributed by atoms with Crippen LogP contribution in [0.25, 0.3) is 0 Å². The van der Waals surface area contributed by atoms with E-state index in [-0.39, 0.29) is 4.47 Å². The van der Waals surface area contributed by atoms with Gasteiger partial charge in [-0.15, -0.1) is 0 Å². The van der Waals surface area contributed by atoms with Gasteiger partial charge in [0.1, 0.15) is 6.42 Å². The Hall–Kier alpha value is -1.64. The number of alkyl halides is 2. The van der Waals surface area contributed by atoms with Crippen LogP contribution in [0, 0.1) is 10.1 Å². The Bertz CT molecular complexity index is 481. The van der Waals surface area contributed by atoms with Gasteiger partial charge in [-0.2, -0.15) is 0 Å². The van der Waals surface area contributed by atoms with E-state index >= 15 is 0 Å². The predicted molar refractivity (Wildman–Crippen MR) is 54.9 cm³/mol. The molecule has 0 aromatic carbocycles. The number of carboxylic acids is 1. The van der Waals surface area contributed by atoms with Gasteiger partial charge in [-0.05, 0) is 25.8 Å². The van der Waals surface area contributed by atoms with Crippen molar-refractivity contribution in [2.45, 2.75) is 12.8 Å². The number of rotatable bonds is 4. The third-order valence-electron chi connectivity index (χ3n) is 1.80. The summed E-state index contributed by atoms with van der Waals surface area (Å²) in [4.78, 5) is 23.3. The van der Waals surface area contributed by atoms with Crippen LogP contribution in [0.5, 0.6) is 0 Å². The standard InChI is InChI=1S/C8H5BrF2N2O4/c9-3-1-5(13(16)17)12-4(2-6(14)15)7(3)8(10)11/h1,8H,2H2,(H,14,15). The van der Waals surface area contributed by atoms with Crippen LogP contribution in [-0.2, 0) is 11.2 Å². The Labute approximate surface area is 102 Å². The molecule has 0 bridgehead atoms. The highest BCUT2D eigenvalue weighted by molar-refractivity contribution is 9.10. The first-order chi connectivity index (χ1) is 7.82. The number of pyridine rings is 1. The number of nitro groups is 1. The molecular formula is C8H5BrF2N2O4. The zero-order valence-corrected chi connectivity index (χ0v) is 9.65. The second kappa shape index (κ2) is 5.13. The zero-order valence-electron chi connectivity index (χ0n) is 8.06. The molecule has 1 heterocycles. The highest BCUT2D eigenvalue weighted by Gasteiger charge is 2.26. The Morgan fingerprint density at radius 3 is 2.65 bits per heavy atom. The molecular weight excluding hydrogens is 306 g/mol. The van der Waals surface area contributed by atoms with Crippen molar-refractivity contribution in [1.82, 2.24) is 4.98 Å². The van der Waals surface area contributed by atoms with Gasteiger partial charge in [0.25, 0.3) is 6.43 Å². The van der Waals surface area contributed by atoms with E-state index in [0.29, 0.717) is 0 Å². The monoisotopic (exact) mass is 310 g/mol. The van der Waals surface area contributed by atoms with Crippen molar-refractivity contribution in [1.29, 1.82) is 0 Å². The van der Waals surface area contributed by atoms with Crippen molar-refractivity contribution in [3.05, 3.63) is 31.9 Å². The fourth-order valence-corrected chi connectivity index (χ4v) is 1.77. The first kappa shape index (κ1) is 13.4. The van der Waals surface area contributed by atoms with Gasteiger partial charge in [-0.3, -0.25) is 4.79 Å². The smallest absolute Gasteiger partial charge is 0.364 e. The number of carboxylic acid groups (broad SMARTS) is 1. The van der Waals surface area contributed by atoms with Crippen LogP contribution in [0.4, 0.5) is 14.6 Å². The average Bonchev–Trinajstić information content (AvgIpc) is 2.14. The molecule has 0 spiro atoms. The minimum atomic E-state index is -2.97. The fourth-order valence-electron chi connectivity index (χ4n) is 1.16. The minimum Gasteiger partial charge on any atom is -0.481 e. The first-order valence-electron chi connectivity index (χ1n) is 4.16. The van der Waals surface area contributed by atoms with E-state index in [0.717, 1.165) is 6.07 Å². The maximum atomic E-state index is 12.6. The molecule has 1 aromatic heterocycles. The van der Waals surface area contributed by atoms with Gasteiger partial charge >= 0.3 is 11.8 Å². The number of nitrogens with zero attached hydrogens (tertiary/aromatic N) is 2. The highest BCUT2D eigenvalue weighted by atomic mass is 79.9. The molecule has 0 aliphatic rings. The van der Waals surface area contributed by atoms with Crippen molar-refractivity contribution in [3.8, 4) is 0 Å². The molecule has 1 N–H and O–H groups in total. The van der Waals surface area contributed by atoms with E-state index in [1.54, 1.807) is 0 Å². The molecule has 0 aliphatic heterocycles. The van der Waals surface area contributed by atoms with Crippen LogP contribution < -0.4 is 0 Å². The summed E-state index contributed by atoms with van der Waals surface area (Å²) >= 11 is 2.74. The summed E-state index contributed by atoms with van der Waals surface area (Å²) in [6.07, 6.45) is -3.77. The molecule has 0 fully saturated rings. The lowest BCUT2D eigenvalue weighted by atomic mass is 10.1. The first-order valence-corrected chi connectivity index (χ1v) is 4.96. The van der Waals surface area contributed by atoms with E-state index in [1.165, 1.54) is 0 Å². The van der Waals surface area contributed by atoms with E-state index in [2.05, 4.69) is 20.9 Å². The molecule has 0 unspecified atom stereocenters. The van der Waals surface area contributed by atoms with Crippen LogP contribution in [-0.4, -0.2) is 21.0 Å². The number of hydrogen-bond acceptors (Lipinski definition) is 4. The van der Waals surface area contributed by atoms with Gasteiger partial charge < -0.3 is 15.2 Å². The van der Waals surface area contributed by atoms with E-state index in [4.69, 9.17) is 5.11 Å². The summed E-state index contributed by atoms with van der Waals surface area (Å²) < 4.78 is 25.0. The molecule has 0 aliphatic carbocycles. The molecule has 0 radical (unpaired) electrons. The lowest BCUT2D eigenvalue weighted by Crippen LogP contribution is -2.09. The summed E-state index contributed by atoms with van der Waals surface area (Å²) in [6, 6.07) is 0.812. The van der Waals surface area contributed by atoms with E-state index in [1.807, 2.05) is 0 Å². The molecule has 1 rings (SSSR count). The molecule has 1 aromatic rings. The van der Waals surface area contributed by atoms with E-state index in [9.17, 15) is 23.7 Å². The minimum absolute atomic E-state index is 0.231.